The number of aliphatic hydroxyl groups excluding tert-OH is 1. The first-order valence-corrected chi connectivity index (χ1v) is 9.62. The summed E-state index contributed by atoms with van der Waals surface area (Å²) in [6.45, 7) is 0.704. The molecule has 0 spiro atoms. The number of nitrogens with zero attached hydrogens (tertiary/aromatic N) is 3. The SMILES string of the molecule is OCCCN1C(=S)N[C@@H](c2ccccn2)[C@H]1c1cccn1-c1cccc(F)c1. The first-order chi connectivity index (χ1) is 13.7. The topological polar surface area (TPSA) is 53.3 Å². The van der Waals surface area contributed by atoms with Crippen LogP contribution in [0.2, 0.25) is 0 Å². The summed E-state index contributed by atoms with van der Waals surface area (Å²) in [5.74, 6) is -0.282. The van der Waals surface area contributed by atoms with Crippen LogP contribution in [0.1, 0.15) is 29.9 Å². The molecule has 0 saturated carbocycles. The van der Waals surface area contributed by atoms with E-state index in [1.54, 1.807) is 12.3 Å². The lowest BCUT2D eigenvalue weighted by Crippen LogP contribution is -2.31. The van der Waals surface area contributed by atoms with Crippen LogP contribution >= 0.6 is 12.2 Å². The standard InChI is InChI=1S/C21H21FN4OS/c22-15-6-3-7-16(14-15)25-11-4-9-18(25)20-19(17-8-1-2-10-23-17)24-21(28)26(20)12-5-13-27/h1-4,6-11,14,19-20,27H,5,12-13H2,(H,24,28)/t19-,20+/m0/s1. The summed E-state index contributed by atoms with van der Waals surface area (Å²) in [6.07, 6.45) is 4.29. The van der Waals surface area contributed by atoms with Crippen molar-refractivity contribution in [1.29, 1.82) is 0 Å². The summed E-state index contributed by atoms with van der Waals surface area (Å²) < 4.78 is 15.8. The van der Waals surface area contributed by atoms with Crippen LogP contribution in [0.4, 0.5) is 4.39 Å². The van der Waals surface area contributed by atoms with Crippen molar-refractivity contribution in [1.82, 2.24) is 19.8 Å². The molecule has 5 nitrogen and oxygen atoms in total. The normalized spacial score (nSPS) is 19.1. The number of halogens is 1. The van der Waals surface area contributed by atoms with E-state index in [-0.39, 0.29) is 24.5 Å². The number of hydrogen-bond acceptors (Lipinski definition) is 3. The highest BCUT2D eigenvalue weighted by Gasteiger charge is 2.40. The van der Waals surface area contributed by atoms with Crippen LogP contribution in [0.25, 0.3) is 5.69 Å². The average molecular weight is 396 g/mol. The van der Waals surface area contributed by atoms with Gasteiger partial charge in [0.1, 0.15) is 5.82 Å². The third kappa shape index (κ3) is 3.50. The molecule has 1 fully saturated rings. The molecular weight excluding hydrogens is 375 g/mol. The Kier molecular flexibility index (Phi) is 5.36. The Balaban J connectivity index is 1.79. The fourth-order valence-corrected chi connectivity index (χ4v) is 4.04. The zero-order chi connectivity index (χ0) is 19.5. The van der Waals surface area contributed by atoms with Gasteiger partial charge >= 0.3 is 0 Å². The van der Waals surface area contributed by atoms with Crippen LogP contribution in [0.3, 0.4) is 0 Å². The number of thiocarbonyl (C=S) groups is 1. The Morgan fingerprint density at radius 1 is 1.14 bits per heavy atom. The highest BCUT2D eigenvalue weighted by atomic mass is 32.1. The molecule has 4 rings (SSSR count). The monoisotopic (exact) mass is 396 g/mol. The lowest BCUT2D eigenvalue weighted by molar-refractivity contribution is 0.244. The number of nitrogens with one attached hydrogen (secondary N) is 1. The maximum Gasteiger partial charge on any atom is 0.170 e. The molecule has 28 heavy (non-hydrogen) atoms. The van der Waals surface area contributed by atoms with Crippen molar-refractivity contribution in [3.05, 3.63) is 84.2 Å². The van der Waals surface area contributed by atoms with Crippen LogP contribution in [-0.2, 0) is 0 Å². The molecule has 2 N–H and O–H groups in total. The molecule has 0 aliphatic carbocycles. The third-order valence-corrected chi connectivity index (χ3v) is 5.28. The molecule has 1 aliphatic heterocycles. The van der Waals surface area contributed by atoms with Gasteiger partial charge in [0.2, 0.25) is 0 Å². The Morgan fingerprint density at radius 2 is 2.04 bits per heavy atom. The van der Waals surface area contributed by atoms with Crippen molar-refractivity contribution in [3.8, 4) is 5.69 Å². The molecule has 1 saturated heterocycles. The number of benzene rings is 1. The molecular formula is C21H21FN4OS. The quantitative estimate of drug-likeness (QED) is 0.626. The molecule has 3 aromatic rings. The highest BCUT2D eigenvalue weighted by Crippen LogP contribution is 2.39. The lowest BCUT2D eigenvalue weighted by atomic mass is 10.0. The van der Waals surface area contributed by atoms with Crippen LogP contribution < -0.4 is 5.32 Å². The molecule has 2 atom stereocenters. The number of hydrogen-bond donors (Lipinski definition) is 2. The number of aliphatic hydroxyl groups is 1. The molecule has 0 unspecified atom stereocenters. The first kappa shape index (κ1) is 18.6. The van der Waals surface area contributed by atoms with Crippen molar-refractivity contribution < 1.29 is 9.50 Å². The Morgan fingerprint density at radius 3 is 2.79 bits per heavy atom. The Bertz CT molecular complexity index is 962. The molecule has 7 heteroatoms. The van der Waals surface area contributed by atoms with Gasteiger partial charge in [-0.15, -0.1) is 0 Å². The third-order valence-electron chi connectivity index (χ3n) is 4.92. The predicted molar refractivity (Wildman–Crippen MR) is 110 cm³/mol. The highest BCUT2D eigenvalue weighted by molar-refractivity contribution is 7.80. The summed E-state index contributed by atoms with van der Waals surface area (Å²) in [5, 5.41) is 13.3. The minimum Gasteiger partial charge on any atom is -0.396 e. The van der Waals surface area contributed by atoms with E-state index in [1.807, 2.05) is 47.2 Å². The second kappa shape index (κ2) is 8.08. The maximum absolute atomic E-state index is 13.8. The van der Waals surface area contributed by atoms with Gasteiger partial charge in [-0.2, -0.15) is 0 Å². The predicted octanol–water partition coefficient (Wildman–Crippen LogP) is 3.37. The summed E-state index contributed by atoms with van der Waals surface area (Å²) in [4.78, 5) is 6.60. The van der Waals surface area contributed by atoms with E-state index in [2.05, 4.69) is 15.2 Å². The molecule has 3 heterocycles. The molecule has 144 valence electrons. The average Bonchev–Trinajstić information content (AvgIpc) is 3.31. The van der Waals surface area contributed by atoms with E-state index in [0.717, 1.165) is 17.1 Å². The largest absolute Gasteiger partial charge is 0.396 e. The van der Waals surface area contributed by atoms with Gasteiger partial charge in [-0.1, -0.05) is 12.1 Å². The molecule has 1 aromatic carbocycles. The van der Waals surface area contributed by atoms with Gasteiger partial charge < -0.3 is 19.9 Å². The summed E-state index contributed by atoms with van der Waals surface area (Å²) in [7, 11) is 0. The van der Waals surface area contributed by atoms with E-state index in [4.69, 9.17) is 12.2 Å². The summed E-state index contributed by atoms with van der Waals surface area (Å²) in [6, 6.07) is 16.0. The molecule has 0 radical (unpaired) electrons. The van der Waals surface area contributed by atoms with Crippen LogP contribution in [0.5, 0.6) is 0 Å². The van der Waals surface area contributed by atoms with Crippen molar-refractivity contribution in [2.45, 2.75) is 18.5 Å². The van der Waals surface area contributed by atoms with Crippen molar-refractivity contribution in [2.24, 2.45) is 0 Å². The van der Waals surface area contributed by atoms with Gasteiger partial charge in [-0.3, -0.25) is 4.98 Å². The number of aromatic nitrogens is 2. The van der Waals surface area contributed by atoms with Crippen molar-refractivity contribution in [2.75, 3.05) is 13.2 Å². The molecule has 0 amide bonds. The van der Waals surface area contributed by atoms with Gasteiger partial charge in [0, 0.05) is 36.9 Å². The van der Waals surface area contributed by atoms with Gasteiger partial charge in [0.15, 0.2) is 5.11 Å². The Labute approximate surface area is 168 Å². The zero-order valence-electron chi connectivity index (χ0n) is 15.2. The molecule has 1 aliphatic rings. The molecule has 2 aromatic heterocycles. The van der Waals surface area contributed by atoms with E-state index in [0.29, 0.717) is 18.1 Å². The zero-order valence-corrected chi connectivity index (χ0v) is 16.0. The van der Waals surface area contributed by atoms with Crippen LogP contribution in [-0.4, -0.2) is 37.8 Å². The van der Waals surface area contributed by atoms with Crippen molar-refractivity contribution >= 4 is 17.3 Å². The number of rotatable bonds is 6. The van der Waals surface area contributed by atoms with Crippen LogP contribution in [0.15, 0.2) is 67.0 Å². The second-order valence-electron chi connectivity index (χ2n) is 6.68. The smallest absolute Gasteiger partial charge is 0.170 e. The van der Waals surface area contributed by atoms with E-state index >= 15 is 0 Å². The first-order valence-electron chi connectivity index (χ1n) is 9.21. The minimum atomic E-state index is -0.282. The van der Waals surface area contributed by atoms with E-state index < -0.39 is 0 Å². The van der Waals surface area contributed by atoms with Gasteiger partial charge in [0.05, 0.1) is 17.8 Å². The Hall–Kier alpha value is -2.77. The van der Waals surface area contributed by atoms with Gasteiger partial charge in [-0.25, -0.2) is 4.39 Å². The fraction of sp³-hybridized carbons (Fsp3) is 0.238. The number of pyridine rings is 1. The van der Waals surface area contributed by atoms with Gasteiger partial charge in [0.25, 0.3) is 0 Å². The summed E-state index contributed by atoms with van der Waals surface area (Å²) >= 11 is 5.60. The fourth-order valence-electron chi connectivity index (χ4n) is 3.71. The minimum absolute atomic E-state index is 0.0883. The molecule has 0 bridgehead atoms. The van der Waals surface area contributed by atoms with E-state index in [9.17, 15) is 9.50 Å². The summed E-state index contributed by atoms with van der Waals surface area (Å²) in [5.41, 5.74) is 2.61. The van der Waals surface area contributed by atoms with E-state index in [1.165, 1.54) is 12.1 Å². The van der Waals surface area contributed by atoms with Crippen LogP contribution in [0, 0.1) is 5.82 Å². The lowest BCUT2D eigenvalue weighted by Gasteiger charge is -2.28. The van der Waals surface area contributed by atoms with Gasteiger partial charge in [-0.05, 0) is 61.1 Å². The second-order valence-corrected chi connectivity index (χ2v) is 7.07. The van der Waals surface area contributed by atoms with Crippen molar-refractivity contribution in [3.63, 3.8) is 0 Å². The maximum atomic E-state index is 13.8.